The predicted molar refractivity (Wildman–Crippen MR) is 138 cm³/mol. The number of benzene rings is 2. The van der Waals surface area contributed by atoms with E-state index < -0.39 is 0 Å². The van der Waals surface area contributed by atoms with Crippen molar-refractivity contribution < 1.29 is 9.59 Å². The zero-order valence-corrected chi connectivity index (χ0v) is 20.4. The molecule has 5 heteroatoms. The lowest BCUT2D eigenvalue weighted by Gasteiger charge is -2.32. The van der Waals surface area contributed by atoms with Gasteiger partial charge in [0.1, 0.15) is 0 Å². The van der Waals surface area contributed by atoms with Crippen LogP contribution in [-0.4, -0.2) is 39.7 Å². The van der Waals surface area contributed by atoms with Crippen molar-refractivity contribution in [2.24, 2.45) is 5.92 Å². The van der Waals surface area contributed by atoms with E-state index in [0.29, 0.717) is 5.91 Å². The van der Waals surface area contributed by atoms with Gasteiger partial charge in [-0.1, -0.05) is 66.7 Å². The number of pyridine rings is 1. The average Bonchev–Trinajstić information content (AvgIpc) is 2.90. The van der Waals surface area contributed by atoms with Gasteiger partial charge in [0.2, 0.25) is 11.8 Å². The summed E-state index contributed by atoms with van der Waals surface area (Å²) in [7, 11) is 0. The van der Waals surface area contributed by atoms with E-state index in [1.165, 1.54) is 11.1 Å². The van der Waals surface area contributed by atoms with Crippen LogP contribution in [0.3, 0.4) is 0 Å². The maximum absolute atomic E-state index is 12.6. The smallest absolute Gasteiger partial charge is 0.226 e. The Kier molecular flexibility index (Phi) is 9.04. The van der Waals surface area contributed by atoms with E-state index in [0.717, 1.165) is 70.3 Å². The highest BCUT2D eigenvalue weighted by Gasteiger charge is 2.28. The monoisotopic (exact) mass is 469 g/mol. The van der Waals surface area contributed by atoms with Crippen LogP contribution in [0.25, 0.3) is 0 Å². The Morgan fingerprint density at radius 2 is 1.34 bits per heavy atom. The third-order valence-electron chi connectivity index (χ3n) is 6.70. The Morgan fingerprint density at radius 1 is 0.714 bits per heavy atom. The lowest BCUT2D eigenvalue weighted by molar-refractivity contribution is -0.139. The number of carbonyl (C=O) groups is 2. The molecule has 2 fully saturated rings. The lowest BCUT2D eigenvalue weighted by Crippen LogP contribution is -2.41. The molecule has 1 atom stereocenters. The molecule has 2 saturated heterocycles. The fourth-order valence-electron chi connectivity index (χ4n) is 4.81. The number of amides is 2. The summed E-state index contributed by atoms with van der Waals surface area (Å²) in [6.45, 7) is 3.30. The summed E-state index contributed by atoms with van der Waals surface area (Å²) in [5.74, 6) is 0.695. The molecule has 5 rings (SSSR count). The summed E-state index contributed by atoms with van der Waals surface area (Å²) in [6.07, 6.45) is 9.45. The molecule has 1 unspecified atom stereocenters. The summed E-state index contributed by atoms with van der Waals surface area (Å²) in [5, 5.41) is 0. The van der Waals surface area contributed by atoms with Gasteiger partial charge < -0.3 is 9.80 Å². The summed E-state index contributed by atoms with van der Waals surface area (Å²) < 4.78 is 0. The molecule has 3 aromatic rings. The van der Waals surface area contributed by atoms with Crippen LogP contribution in [0.15, 0.2) is 85.2 Å². The molecule has 0 bridgehead atoms. The van der Waals surface area contributed by atoms with Crippen LogP contribution in [0.1, 0.15) is 48.8 Å². The summed E-state index contributed by atoms with van der Waals surface area (Å²) in [6, 6.07) is 24.4. The van der Waals surface area contributed by atoms with Crippen LogP contribution < -0.4 is 0 Å². The number of hydrogen-bond acceptors (Lipinski definition) is 3. The fraction of sp³-hybridized carbons (Fsp3) is 0.367. The average molecular weight is 470 g/mol. The van der Waals surface area contributed by atoms with Crippen LogP contribution >= 0.6 is 0 Å². The van der Waals surface area contributed by atoms with Gasteiger partial charge in [0, 0.05) is 50.9 Å². The number of aromatic nitrogens is 1. The number of carbonyl (C=O) groups excluding carboxylic acids is 2. The summed E-state index contributed by atoms with van der Waals surface area (Å²) in [5.41, 5.74) is 3.58. The zero-order chi connectivity index (χ0) is 24.3. The number of rotatable bonds is 6. The molecule has 2 aliphatic rings. The predicted octanol–water partition coefficient (Wildman–Crippen LogP) is 5.26. The van der Waals surface area contributed by atoms with E-state index in [9.17, 15) is 9.59 Å². The first-order chi connectivity index (χ1) is 17.2. The van der Waals surface area contributed by atoms with Gasteiger partial charge in [0.25, 0.3) is 0 Å². The molecular weight excluding hydrogens is 434 g/mol. The Balaban J connectivity index is 0.000000179. The third kappa shape index (κ3) is 7.51. The van der Waals surface area contributed by atoms with Crippen molar-refractivity contribution in [3.8, 4) is 0 Å². The van der Waals surface area contributed by atoms with Crippen LogP contribution in [0, 0.1) is 5.92 Å². The SMILES string of the molecule is O=C1C(Cc2cccnc2)CCCN1Cc1ccccc1.O=C1CCCCN1Cc1ccccc1. The number of likely N-dealkylation sites (tertiary alicyclic amines) is 2. The molecule has 1 aromatic heterocycles. The first-order valence-corrected chi connectivity index (χ1v) is 12.7. The van der Waals surface area contributed by atoms with Crippen LogP contribution in [0.5, 0.6) is 0 Å². The van der Waals surface area contributed by atoms with Gasteiger partial charge in [-0.3, -0.25) is 14.6 Å². The van der Waals surface area contributed by atoms with Crippen LogP contribution in [0.2, 0.25) is 0 Å². The number of piperidine rings is 2. The maximum Gasteiger partial charge on any atom is 0.226 e. The number of hydrogen-bond donors (Lipinski definition) is 0. The van der Waals surface area contributed by atoms with Crippen molar-refractivity contribution >= 4 is 11.8 Å². The van der Waals surface area contributed by atoms with Crippen molar-refractivity contribution in [1.82, 2.24) is 14.8 Å². The largest absolute Gasteiger partial charge is 0.338 e. The third-order valence-corrected chi connectivity index (χ3v) is 6.70. The van der Waals surface area contributed by atoms with Crippen LogP contribution in [-0.2, 0) is 29.1 Å². The molecule has 0 spiro atoms. The first-order valence-electron chi connectivity index (χ1n) is 12.7. The van der Waals surface area contributed by atoms with Crippen molar-refractivity contribution in [1.29, 1.82) is 0 Å². The molecule has 2 amide bonds. The van der Waals surface area contributed by atoms with E-state index >= 15 is 0 Å². The molecule has 2 aromatic carbocycles. The van der Waals surface area contributed by atoms with Gasteiger partial charge in [-0.05, 0) is 54.9 Å². The highest BCUT2D eigenvalue weighted by molar-refractivity contribution is 5.80. The normalized spacial score (nSPS) is 18.1. The van der Waals surface area contributed by atoms with Crippen molar-refractivity contribution in [2.75, 3.05) is 13.1 Å². The molecule has 0 N–H and O–H groups in total. The van der Waals surface area contributed by atoms with E-state index in [1.807, 2.05) is 58.5 Å². The van der Waals surface area contributed by atoms with Gasteiger partial charge in [-0.25, -0.2) is 0 Å². The van der Waals surface area contributed by atoms with Gasteiger partial charge >= 0.3 is 0 Å². The van der Waals surface area contributed by atoms with Crippen molar-refractivity contribution in [2.45, 2.75) is 51.6 Å². The number of nitrogens with zero attached hydrogens (tertiary/aromatic N) is 3. The van der Waals surface area contributed by atoms with Crippen molar-refractivity contribution in [3.63, 3.8) is 0 Å². The standard InChI is InChI=1S/C18H20N2O.C12H15NO/c21-18-17(12-16-8-4-10-19-13-16)9-5-11-20(18)14-15-6-2-1-3-7-15;14-12-8-4-5-9-13(12)10-11-6-2-1-3-7-11/h1-4,6-8,10,13,17H,5,9,11-12,14H2;1-3,6-7H,4-5,8-10H2. The second-order valence-corrected chi connectivity index (χ2v) is 9.41. The minimum absolute atomic E-state index is 0.103. The molecule has 2 aliphatic heterocycles. The Morgan fingerprint density at radius 3 is 1.97 bits per heavy atom. The quantitative estimate of drug-likeness (QED) is 0.495. The minimum Gasteiger partial charge on any atom is -0.338 e. The highest BCUT2D eigenvalue weighted by Crippen LogP contribution is 2.23. The fourth-order valence-corrected chi connectivity index (χ4v) is 4.81. The summed E-state index contributed by atoms with van der Waals surface area (Å²) in [4.78, 5) is 32.3. The molecule has 0 saturated carbocycles. The Hall–Kier alpha value is -3.47. The van der Waals surface area contributed by atoms with Gasteiger partial charge in [0.05, 0.1) is 0 Å². The molecule has 0 aliphatic carbocycles. The molecule has 3 heterocycles. The molecule has 182 valence electrons. The lowest BCUT2D eigenvalue weighted by atomic mass is 9.91. The molecule has 0 radical (unpaired) electrons. The molecule has 35 heavy (non-hydrogen) atoms. The van der Waals surface area contributed by atoms with E-state index in [4.69, 9.17) is 0 Å². The zero-order valence-electron chi connectivity index (χ0n) is 20.4. The first kappa shape index (κ1) is 24.6. The second-order valence-electron chi connectivity index (χ2n) is 9.41. The van der Waals surface area contributed by atoms with Gasteiger partial charge in [-0.15, -0.1) is 0 Å². The van der Waals surface area contributed by atoms with E-state index in [-0.39, 0.29) is 11.8 Å². The molecular formula is C30H35N3O2. The van der Waals surface area contributed by atoms with Crippen LogP contribution in [0.4, 0.5) is 0 Å². The highest BCUT2D eigenvalue weighted by atomic mass is 16.2. The van der Waals surface area contributed by atoms with Gasteiger partial charge in [-0.2, -0.15) is 0 Å². The van der Waals surface area contributed by atoms with Gasteiger partial charge in [0.15, 0.2) is 0 Å². The van der Waals surface area contributed by atoms with E-state index in [1.54, 1.807) is 6.20 Å². The van der Waals surface area contributed by atoms with E-state index in [2.05, 4.69) is 35.3 Å². The summed E-state index contributed by atoms with van der Waals surface area (Å²) >= 11 is 0. The van der Waals surface area contributed by atoms with Crippen molar-refractivity contribution in [3.05, 3.63) is 102 Å². The minimum atomic E-state index is 0.103. The Labute approximate surface area is 208 Å². The maximum atomic E-state index is 12.6. The topological polar surface area (TPSA) is 53.5 Å². The second kappa shape index (κ2) is 12.8. The molecule has 5 nitrogen and oxygen atoms in total. The Bertz CT molecular complexity index is 1010.